The summed E-state index contributed by atoms with van der Waals surface area (Å²) in [4.78, 5) is 17.0. The van der Waals surface area contributed by atoms with Gasteiger partial charge in [0.2, 0.25) is 0 Å². The summed E-state index contributed by atoms with van der Waals surface area (Å²) in [6.45, 7) is 1.79. The van der Waals surface area contributed by atoms with Crippen LogP contribution in [0.1, 0.15) is 21.6 Å². The molecule has 1 N–H and O–H groups in total. The summed E-state index contributed by atoms with van der Waals surface area (Å²) in [7, 11) is 2.02. The number of fused-ring (bicyclic) bond motifs is 1. The number of aromatic nitrogens is 1. The number of carboxylic acids is 1. The van der Waals surface area contributed by atoms with Crippen LogP contribution >= 0.6 is 0 Å². The van der Waals surface area contributed by atoms with E-state index in [2.05, 4.69) is 9.88 Å². The average Bonchev–Trinajstić information content (AvgIpc) is 2.16. The Balaban J connectivity index is 2.37. The molecule has 0 saturated carbocycles. The van der Waals surface area contributed by atoms with Gasteiger partial charge in [-0.3, -0.25) is 4.98 Å². The molecule has 0 radical (unpaired) electrons. The van der Waals surface area contributed by atoms with Crippen LogP contribution in [-0.4, -0.2) is 34.6 Å². The largest absolute Gasteiger partial charge is 0.478 e. The van der Waals surface area contributed by atoms with Crippen molar-refractivity contribution in [3.05, 3.63) is 29.1 Å². The molecule has 0 spiro atoms. The number of hydrogen-bond donors (Lipinski definition) is 1. The van der Waals surface area contributed by atoms with E-state index in [4.69, 9.17) is 5.11 Å². The van der Waals surface area contributed by atoms with Crippen LogP contribution in [-0.2, 0) is 13.0 Å². The van der Waals surface area contributed by atoms with Gasteiger partial charge in [0.25, 0.3) is 0 Å². The van der Waals surface area contributed by atoms with E-state index >= 15 is 0 Å². The van der Waals surface area contributed by atoms with Gasteiger partial charge >= 0.3 is 5.97 Å². The van der Waals surface area contributed by atoms with E-state index in [-0.39, 0.29) is 5.56 Å². The molecule has 0 amide bonds. The smallest absolute Gasteiger partial charge is 0.337 e. The number of carbonyl (C=O) groups is 1. The van der Waals surface area contributed by atoms with Gasteiger partial charge in [-0.25, -0.2) is 4.79 Å². The van der Waals surface area contributed by atoms with Crippen LogP contribution in [0.15, 0.2) is 12.3 Å². The van der Waals surface area contributed by atoms with E-state index in [1.807, 2.05) is 7.05 Å². The maximum absolute atomic E-state index is 10.7. The Morgan fingerprint density at radius 3 is 3.14 bits per heavy atom. The fourth-order valence-electron chi connectivity index (χ4n) is 1.68. The predicted octanol–water partition coefficient (Wildman–Crippen LogP) is 0.768. The molecule has 0 fully saturated rings. The molecule has 0 atom stereocenters. The van der Waals surface area contributed by atoms with Gasteiger partial charge in [0, 0.05) is 31.4 Å². The van der Waals surface area contributed by atoms with Gasteiger partial charge in [-0.2, -0.15) is 0 Å². The summed E-state index contributed by atoms with van der Waals surface area (Å²) >= 11 is 0. The highest BCUT2D eigenvalue weighted by molar-refractivity contribution is 5.87. The van der Waals surface area contributed by atoms with Gasteiger partial charge in [0.05, 0.1) is 5.56 Å². The quantitative estimate of drug-likeness (QED) is 0.714. The molecule has 0 aromatic carbocycles. The van der Waals surface area contributed by atoms with Gasteiger partial charge < -0.3 is 10.0 Å². The Hall–Kier alpha value is -1.42. The molecule has 2 rings (SSSR count). The van der Waals surface area contributed by atoms with Gasteiger partial charge in [0.15, 0.2) is 0 Å². The average molecular weight is 192 g/mol. The van der Waals surface area contributed by atoms with Crippen LogP contribution in [0.25, 0.3) is 0 Å². The number of hydrogen-bond acceptors (Lipinski definition) is 3. The van der Waals surface area contributed by atoms with Crippen LogP contribution in [0.5, 0.6) is 0 Å². The molecular weight excluding hydrogens is 180 g/mol. The van der Waals surface area contributed by atoms with Crippen molar-refractivity contribution in [2.75, 3.05) is 13.6 Å². The van der Waals surface area contributed by atoms with E-state index in [1.165, 1.54) is 6.20 Å². The molecule has 4 heteroatoms. The molecule has 1 aliphatic rings. The monoisotopic (exact) mass is 192 g/mol. The summed E-state index contributed by atoms with van der Waals surface area (Å²) in [5, 5.41) is 8.80. The zero-order valence-corrected chi connectivity index (χ0v) is 8.03. The highest BCUT2D eigenvalue weighted by atomic mass is 16.4. The standard InChI is InChI=1S/C10H12N2O2/c1-12-3-2-9-8(6-12)4-7(5-11-9)10(13)14/h4-5H,2-3,6H2,1H3,(H,13,14). The molecule has 14 heavy (non-hydrogen) atoms. The van der Waals surface area contributed by atoms with Crippen molar-refractivity contribution in [3.8, 4) is 0 Å². The molecule has 4 nitrogen and oxygen atoms in total. The molecule has 1 aliphatic heterocycles. The third kappa shape index (κ3) is 1.61. The van der Waals surface area contributed by atoms with Crippen molar-refractivity contribution in [1.29, 1.82) is 0 Å². The van der Waals surface area contributed by atoms with Crippen LogP contribution in [0.2, 0.25) is 0 Å². The third-order valence-electron chi connectivity index (χ3n) is 2.48. The zero-order valence-electron chi connectivity index (χ0n) is 8.03. The molecule has 74 valence electrons. The number of aromatic carboxylic acids is 1. The maximum atomic E-state index is 10.7. The first-order valence-electron chi connectivity index (χ1n) is 4.56. The molecule has 0 bridgehead atoms. The first-order valence-corrected chi connectivity index (χ1v) is 4.56. The van der Waals surface area contributed by atoms with Crippen molar-refractivity contribution < 1.29 is 9.90 Å². The second kappa shape index (κ2) is 3.38. The van der Waals surface area contributed by atoms with Gasteiger partial charge in [-0.05, 0) is 18.7 Å². The zero-order chi connectivity index (χ0) is 10.1. The molecule has 2 heterocycles. The highest BCUT2D eigenvalue weighted by Gasteiger charge is 2.16. The normalized spacial score (nSPS) is 16.4. The van der Waals surface area contributed by atoms with Crippen molar-refractivity contribution in [2.45, 2.75) is 13.0 Å². The minimum Gasteiger partial charge on any atom is -0.478 e. The van der Waals surface area contributed by atoms with Crippen molar-refractivity contribution in [2.24, 2.45) is 0 Å². The second-order valence-corrected chi connectivity index (χ2v) is 3.62. The molecule has 0 aliphatic carbocycles. The van der Waals surface area contributed by atoms with Crippen LogP contribution in [0.3, 0.4) is 0 Å². The summed E-state index contributed by atoms with van der Waals surface area (Å²) in [6, 6.07) is 1.72. The molecule has 0 saturated heterocycles. The highest BCUT2D eigenvalue weighted by Crippen LogP contribution is 2.16. The Morgan fingerprint density at radius 2 is 2.43 bits per heavy atom. The van der Waals surface area contributed by atoms with Crippen LogP contribution in [0, 0.1) is 0 Å². The molecule has 1 aromatic rings. The fourth-order valence-corrected chi connectivity index (χ4v) is 1.68. The van der Waals surface area contributed by atoms with E-state index in [9.17, 15) is 4.79 Å². The van der Waals surface area contributed by atoms with Gasteiger partial charge in [-0.1, -0.05) is 0 Å². The lowest BCUT2D eigenvalue weighted by atomic mass is 10.0. The van der Waals surface area contributed by atoms with Crippen molar-refractivity contribution >= 4 is 5.97 Å². The molecule has 0 unspecified atom stereocenters. The molecular formula is C10H12N2O2. The predicted molar refractivity (Wildman–Crippen MR) is 51.2 cm³/mol. The lowest BCUT2D eigenvalue weighted by Crippen LogP contribution is -2.27. The van der Waals surface area contributed by atoms with E-state index in [1.54, 1.807) is 6.07 Å². The Bertz CT molecular complexity index is 376. The Labute approximate surface area is 82.2 Å². The third-order valence-corrected chi connectivity index (χ3v) is 2.48. The fraction of sp³-hybridized carbons (Fsp3) is 0.400. The van der Waals surface area contributed by atoms with Crippen LogP contribution in [0.4, 0.5) is 0 Å². The van der Waals surface area contributed by atoms with E-state index < -0.39 is 5.97 Å². The summed E-state index contributed by atoms with van der Waals surface area (Å²) in [6.07, 6.45) is 2.35. The minimum absolute atomic E-state index is 0.277. The Morgan fingerprint density at radius 1 is 1.64 bits per heavy atom. The number of carboxylic acid groups (broad SMARTS) is 1. The number of pyridine rings is 1. The first-order chi connectivity index (χ1) is 6.66. The second-order valence-electron chi connectivity index (χ2n) is 3.62. The summed E-state index contributed by atoms with van der Waals surface area (Å²) in [5.41, 5.74) is 2.35. The van der Waals surface area contributed by atoms with E-state index in [0.717, 1.165) is 30.8 Å². The lowest BCUT2D eigenvalue weighted by Gasteiger charge is -2.23. The molecule has 1 aromatic heterocycles. The van der Waals surface area contributed by atoms with Gasteiger partial charge in [0.1, 0.15) is 0 Å². The number of likely N-dealkylation sites (N-methyl/N-ethyl adjacent to an activating group) is 1. The van der Waals surface area contributed by atoms with E-state index in [0.29, 0.717) is 0 Å². The first kappa shape index (κ1) is 9.15. The topological polar surface area (TPSA) is 53.4 Å². The number of rotatable bonds is 1. The lowest BCUT2D eigenvalue weighted by molar-refractivity contribution is 0.0696. The SMILES string of the molecule is CN1CCc2ncc(C(=O)O)cc2C1. The Kier molecular flexibility index (Phi) is 2.21. The summed E-state index contributed by atoms with van der Waals surface area (Å²) < 4.78 is 0. The van der Waals surface area contributed by atoms with Gasteiger partial charge in [-0.15, -0.1) is 0 Å². The summed E-state index contributed by atoms with van der Waals surface area (Å²) in [5.74, 6) is -0.909. The maximum Gasteiger partial charge on any atom is 0.337 e. The minimum atomic E-state index is -0.909. The van der Waals surface area contributed by atoms with Crippen molar-refractivity contribution in [3.63, 3.8) is 0 Å². The number of nitrogens with zero attached hydrogens (tertiary/aromatic N) is 2. The van der Waals surface area contributed by atoms with Crippen molar-refractivity contribution in [1.82, 2.24) is 9.88 Å². The van der Waals surface area contributed by atoms with Crippen LogP contribution < -0.4 is 0 Å².